The third-order valence-corrected chi connectivity index (χ3v) is 6.46. The Balaban J connectivity index is 1.72. The third kappa shape index (κ3) is 4.94. The highest BCUT2D eigenvalue weighted by molar-refractivity contribution is 7.89. The van der Waals surface area contributed by atoms with E-state index in [1.54, 1.807) is 18.2 Å². The molecule has 1 N–H and O–H groups in total. The van der Waals surface area contributed by atoms with Crippen molar-refractivity contribution in [2.75, 3.05) is 39.7 Å². The lowest BCUT2D eigenvalue weighted by atomic mass is 10.2. The van der Waals surface area contributed by atoms with Crippen molar-refractivity contribution in [2.24, 2.45) is 0 Å². The molecule has 11 heteroatoms. The first-order valence-corrected chi connectivity index (χ1v) is 11.1. The first kappa shape index (κ1) is 23.4. The minimum Gasteiger partial charge on any atom is -0.495 e. The second kappa shape index (κ2) is 9.45. The van der Waals surface area contributed by atoms with Crippen LogP contribution in [0.15, 0.2) is 41.3 Å². The molecule has 1 heterocycles. The standard InChI is InChI=1S/C21H24N2O8S/c1-13(20(24)22-15-6-8-16-18(12-15)30-10-9-29-16)31-21(25)14-5-7-17(28-4)19(11-14)32(26,27)23(2)3/h5-8,11-13H,9-10H2,1-4H3,(H,22,24). The number of amides is 1. The van der Waals surface area contributed by atoms with E-state index in [0.29, 0.717) is 30.4 Å². The van der Waals surface area contributed by atoms with E-state index < -0.39 is 28.0 Å². The molecule has 2 aromatic rings. The summed E-state index contributed by atoms with van der Waals surface area (Å²) in [5, 5.41) is 2.64. The summed E-state index contributed by atoms with van der Waals surface area (Å²) in [5.74, 6) is -0.250. The number of nitrogens with zero attached hydrogens (tertiary/aromatic N) is 1. The van der Waals surface area contributed by atoms with E-state index in [9.17, 15) is 18.0 Å². The van der Waals surface area contributed by atoms with Crippen LogP contribution in [0.25, 0.3) is 0 Å². The van der Waals surface area contributed by atoms with Gasteiger partial charge in [0.25, 0.3) is 5.91 Å². The van der Waals surface area contributed by atoms with Crippen LogP contribution >= 0.6 is 0 Å². The van der Waals surface area contributed by atoms with E-state index in [2.05, 4.69) is 5.32 Å². The Kier molecular flexibility index (Phi) is 6.90. The Bertz CT molecular complexity index is 1130. The molecule has 0 aromatic heterocycles. The van der Waals surface area contributed by atoms with Crippen LogP contribution in [0.1, 0.15) is 17.3 Å². The van der Waals surface area contributed by atoms with Gasteiger partial charge < -0.3 is 24.3 Å². The highest BCUT2D eigenvalue weighted by atomic mass is 32.2. The Hall–Kier alpha value is -3.31. The number of methoxy groups -OCH3 is 1. The topological polar surface area (TPSA) is 120 Å². The normalized spacial score (nSPS) is 13.9. The summed E-state index contributed by atoms with van der Waals surface area (Å²) in [6, 6.07) is 8.80. The first-order valence-electron chi connectivity index (χ1n) is 9.65. The number of hydrogen-bond donors (Lipinski definition) is 1. The summed E-state index contributed by atoms with van der Waals surface area (Å²) >= 11 is 0. The molecule has 1 aliphatic heterocycles. The SMILES string of the molecule is COc1ccc(C(=O)OC(C)C(=O)Nc2ccc3c(c2)OCCO3)cc1S(=O)(=O)N(C)C. The zero-order valence-electron chi connectivity index (χ0n) is 18.1. The molecule has 1 unspecified atom stereocenters. The molecule has 1 atom stereocenters. The van der Waals surface area contributed by atoms with Gasteiger partial charge in [0.1, 0.15) is 23.9 Å². The lowest BCUT2D eigenvalue weighted by Crippen LogP contribution is -2.30. The maximum Gasteiger partial charge on any atom is 0.338 e. The fraction of sp³-hybridized carbons (Fsp3) is 0.333. The van der Waals surface area contributed by atoms with Crippen molar-refractivity contribution < 1.29 is 37.0 Å². The van der Waals surface area contributed by atoms with Gasteiger partial charge in [-0.2, -0.15) is 0 Å². The molecule has 0 saturated carbocycles. The van der Waals surface area contributed by atoms with Crippen LogP contribution in [-0.4, -0.2) is 65.1 Å². The summed E-state index contributed by atoms with van der Waals surface area (Å²) in [6.45, 7) is 2.27. The van der Waals surface area contributed by atoms with E-state index in [4.69, 9.17) is 18.9 Å². The fourth-order valence-corrected chi connectivity index (χ4v) is 3.92. The number of carbonyl (C=O) groups excluding carboxylic acids is 2. The molecule has 0 bridgehead atoms. The van der Waals surface area contributed by atoms with Crippen molar-refractivity contribution in [3.63, 3.8) is 0 Å². The molecule has 10 nitrogen and oxygen atoms in total. The van der Waals surface area contributed by atoms with E-state index in [1.807, 2.05) is 0 Å². The molecule has 1 amide bonds. The Morgan fingerprint density at radius 2 is 1.75 bits per heavy atom. The summed E-state index contributed by atoms with van der Waals surface area (Å²) in [6.07, 6.45) is -1.15. The molecule has 0 aliphatic carbocycles. The molecule has 1 aliphatic rings. The minimum absolute atomic E-state index is 0.0368. The second-order valence-corrected chi connectivity index (χ2v) is 9.17. The molecular weight excluding hydrogens is 440 g/mol. The predicted molar refractivity (Wildman–Crippen MR) is 115 cm³/mol. The van der Waals surface area contributed by atoms with Crippen LogP contribution in [0.3, 0.4) is 0 Å². The smallest absolute Gasteiger partial charge is 0.338 e. The quantitative estimate of drug-likeness (QED) is 0.617. The van der Waals surface area contributed by atoms with Crippen LogP contribution in [0.5, 0.6) is 17.2 Å². The average molecular weight is 464 g/mol. The van der Waals surface area contributed by atoms with Crippen LogP contribution in [-0.2, 0) is 19.6 Å². The predicted octanol–water partition coefficient (Wildman–Crippen LogP) is 1.90. The zero-order chi connectivity index (χ0) is 23.5. The van der Waals surface area contributed by atoms with Crippen molar-refractivity contribution in [1.82, 2.24) is 4.31 Å². The van der Waals surface area contributed by atoms with Crippen molar-refractivity contribution in [3.05, 3.63) is 42.0 Å². The van der Waals surface area contributed by atoms with Gasteiger partial charge in [0.15, 0.2) is 17.6 Å². The summed E-state index contributed by atoms with van der Waals surface area (Å²) in [4.78, 5) is 24.9. The van der Waals surface area contributed by atoms with E-state index in [1.165, 1.54) is 40.3 Å². The van der Waals surface area contributed by atoms with Crippen molar-refractivity contribution in [1.29, 1.82) is 0 Å². The van der Waals surface area contributed by atoms with Gasteiger partial charge in [0, 0.05) is 25.8 Å². The average Bonchev–Trinajstić information content (AvgIpc) is 2.78. The Morgan fingerprint density at radius 1 is 1.06 bits per heavy atom. The molecule has 0 fully saturated rings. The molecule has 2 aromatic carbocycles. The van der Waals surface area contributed by atoms with Crippen molar-refractivity contribution in [2.45, 2.75) is 17.9 Å². The summed E-state index contributed by atoms with van der Waals surface area (Å²) in [7, 11) is 0.186. The molecule has 172 valence electrons. The molecule has 0 saturated heterocycles. The van der Waals surface area contributed by atoms with Crippen LogP contribution < -0.4 is 19.5 Å². The van der Waals surface area contributed by atoms with Crippen LogP contribution in [0.4, 0.5) is 5.69 Å². The molecule has 32 heavy (non-hydrogen) atoms. The maximum atomic E-state index is 12.6. The van der Waals surface area contributed by atoms with E-state index in [-0.39, 0.29) is 16.2 Å². The van der Waals surface area contributed by atoms with Crippen molar-refractivity contribution in [3.8, 4) is 17.2 Å². The lowest BCUT2D eigenvalue weighted by molar-refractivity contribution is -0.123. The zero-order valence-corrected chi connectivity index (χ0v) is 18.9. The number of ether oxygens (including phenoxy) is 4. The van der Waals surface area contributed by atoms with E-state index in [0.717, 1.165) is 10.4 Å². The number of fused-ring (bicyclic) bond motifs is 1. The minimum atomic E-state index is -3.87. The number of esters is 1. The van der Waals surface area contributed by atoms with Gasteiger partial charge >= 0.3 is 5.97 Å². The third-order valence-electron chi connectivity index (χ3n) is 4.62. The van der Waals surface area contributed by atoms with Gasteiger partial charge in [-0.3, -0.25) is 4.79 Å². The largest absolute Gasteiger partial charge is 0.495 e. The number of sulfonamides is 1. The summed E-state index contributed by atoms with van der Waals surface area (Å²) in [5.41, 5.74) is 0.413. The maximum absolute atomic E-state index is 12.6. The highest BCUT2D eigenvalue weighted by Crippen LogP contribution is 2.32. The number of rotatable bonds is 7. The fourth-order valence-electron chi connectivity index (χ4n) is 2.85. The molecule has 0 spiro atoms. The van der Waals surface area contributed by atoms with Gasteiger partial charge in [-0.1, -0.05) is 0 Å². The van der Waals surface area contributed by atoms with Gasteiger partial charge in [-0.25, -0.2) is 17.5 Å². The van der Waals surface area contributed by atoms with Gasteiger partial charge in [0.05, 0.1) is 12.7 Å². The van der Waals surface area contributed by atoms with Crippen LogP contribution in [0.2, 0.25) is 0 Å². The van der Waals surface area contributed by atoms with Gasteiger partial charge in [-0.15, -0.1) is 0 Å². The number of anilines is 1. The first-order chi connectivity index (χ1) is 15.1. The number of hydrogen-bond acceptors (Lipinski definition) is 8. The molecule has 3 rings (SSSR count). The molecular formula is C21H24N2O8S. The number of benzene rings is 2. The Morgan fingerprint density at radius 3 is 2.41 bits per heavy atom. The van der Waals surface area contributed by atoms with E-state index >= 15 is 0 Å². The van der Waals surface area contributed by atoms with Gasteiger partial charge in [-0.05, 0) is 37.3 Å². The second-order valence-electron chi connectivity index (χ2n) is 7.05. The molecule has 0 radical (unpaired) electrons. The van der Waals surface area contributed by atoms with Gasteiger partial charge in [0.2, 0.25) is 10.0 Å². The summed E-state index contributed by atoms with van der Waals surface area (Å²) < 4.78 is 47.3. The monoisotopic (exact) mass is 464 g/mol. The van der Waals surface area contributed by atoms with Crippen LogP contribution in [0, 0.1) is 0 Å². The number of nitrogens with one attached hydrogen (secondary N) is 1. The highest BCUT2D eigenvalue weighted by Gasteiger charge is 2.26. The van der Waals surface area contributed by atoms with Crippen molar-refractivity contribution >= 4 is 27.6 Å². The number of carbonyl (C=O) groups is 2. The Labute approximate surface area is 186 Å². The lowest BCUT2D eigenvalue weighted by Gasteiger charge is -2.19.